The van der Waals surface area contributed by atoms with E-state index in [2.05, 4.69) is 21.2 Å². The van der Waals surface area contributed by atoms with E-state index < -0.39 is 4.92 Å². The molecule has 7 heteroatoms. The van der Waals surface area contributed by atoms with E-state index >= 15 is 0 Å². The number of hydrogen-bond donors (Lipinski definition) is 2. The molecule has 0 radical (unpaired) electrons. The van der Waals surface area contributed by atoms with Gasteiger partial charge < -0.3 is 14.8 Å². The first kappa shape index (κ1) is 13.6. The summed E-state index contributed by atoms with van der Waals surface area (Å²) in [5, 5.41) is 22.7. The number of nitrogens with zero attached hydrogens (tertiary/aromatic N) is 1. The molecule has 0 atom stereocenters. The fourth-order valence-electron chi connectivity index (χ4n) is 1.55. The molecule has 0 aliphatic rings. The molecular weight excluding hydrogens is 316 g/mol. The average Bonchev–Trinajstić information content (AvgIpc) is 2.85. The molecule has 1 heterocycles. The fraction of sp³-hybridized carbons (Fsp3) is 0.167. The minimum Gasteiger partial charge on any atom is -0.462 e. The summed E-state index contributed by atoms with van der Waals surface area (Å²) >= 11 is 3.12. The van der Waals surface area contributed by atoms with Crippen molar-refractivity contribution in [1.29, 1.82) is 0 Å². The van der Waals surface area contributed by atoms with E-state index in [9.17, 15) is 10.1 Å². The number of anilines is 1. The van der Waals surface area contributed by atoms with Gasteiger partial charge in [0.2, 0.25) is 0 Å². The lowest BCUT2D eigenvalue weighted by molar-refractivity contribution is -0.385. The Labute approximate surface area is 117 Å². The van der Waals surface area contributed by atoms with Gasteiger partial charge in [0.15, 0.2) is 0 Å². The Bertz CT molecular complexity index is 597. The number of nitro groups is 1. The molecule has 19 heavy (non-hydrogen) atoms. The number of aliphatic hydroxyl groups is 1. The van der Waals surface area contributed by atoms with Gasteiger partial charge in [0.25, 0.3) is 5.69 Å². The third kappa shape index (κ3) is 3.33. The lowest BCUT2D eigenvalue weighted by Gasteiger charge is -2.05. The van der Waals surface area contributed by atoms with Gasteiger partial charge in [-0.05, 0) is 40.2 Å². The van der Waals surface area contributed by atoms with E-state index in [4.69, 9.17) is 9.52 Å². The van der Waals surface area contributed by atoms with E-state index in [0.29, 0.717) is 28.2 Å². The van der Waals surface area contributed by atoms with Gasteiger partial charge in [-0.15, -0.1) is 0 Å². The maximum absolute atomic E-state index is 10.8. The Kier molecular flexibility index (Phi) is 4.18. The predicted molar refractivity (Wildman–Crippen MR) is 72.8 cm³/mol. The van der Waals surface area contributed by atoms with Crippen molar-refractivity contribution < 1.29 is 14.4 Å². The highest BCUT2D eigenvalue weighted by atomic mass is 79.9. The molecule has 0 fully saturated rings. The molecule has 0 saturated carbocycles. The smallest absolute Gasteiger partial charge is 0.285 e. The molecule has 1 aromatic carbocycles. The van der Waals surface area contributed by atoms with Crippen molar-refractivity contribution in [3.8, 4) is 0 Å². The zero-order chi connectivity index (χ0) is 13.8. The molecular formula is C12H11BrN2O4. The Hall–Kier alpha value is -1.86. The number of furan rings is 1. The normalized spacial score (nSPS) is 10.4. The molecule has 2 rings (SSSR count). The summed E-state index contributed by atoms with van der Waals surface area (Å²) in [6, 6.07) is 8.21. The van der Waals surface area contributed by atoms with Crippen LogP contribution in [0.2, 0.25) is 0 Å². The molecule has 0 amide bonds. The van der Waals surface area contributed by atoms with Crippen LogP contribution in [0.5, 0.6) is 0 Å². The highest BCUT2D eigenvalue weighted by Gasteiger charge is 2.12. The van der Waals surface area contributed by atoms with E-state index in [1.807, 2.05) is 0 Å². The van der Waals surface area contributed by atoms with Crippen LogP contribution < -0.4 is 5.32 Å². The van der Waals surface area contributed by atoms with Gasteiger partial charge in [0, 0.05) is 11.8 Å². The minimum absolute atomic E-state index is 0.000456. The highest BCUT2D eigenvalue weighted by Crippen LogP contribution is 2.28. The van der Waals surface area contributed by atoms with Gasteiger partial charge >= 0.3 is 0 Å². The van der Waals surface area contributed by atoms with Crippen molar-refractivity contribution >= 4 is 27.3 Å². The Balaban J connectivity index is 2.07. The van der Waals surface area contributed by atoms with Crippen LogP contribution in [0, 0.1) is 10.1 Å². The number of benzene rings is 1. The zero-order valence-corrected chi connectivity index (χ0v) is 11.4. The maximum atomic E-state index is 10.8. The highest BCUT2D eigenvalue weighted by molar-refractivity contribution is 9.10. The first-order chi connectivity index (χ1) is 9.10. The van der Waals surface area contributed by atoms with Crippen molar-refractivity contribution in [3.05, 3.63) is 56.4 Å². The molecule has 2 N–H and O–H groups in total. The molecule has 1 aromatic heterocycles. The maximum Gasteiger partial charge on any atom is 0.285 e. The van der Waals surface area contributed by atoms with Crippen molar-refractivity contribution in [1.82, 2.24) is 0 Å². The van der Waals surface area contributed by atoms with Gasteiger partial charge in [-0.1, -0.05) is 0 Å². The van der Waals surface area contributed by atoms with Gasteiger partial charge in [0.1, 0.15) is 18.1 Å². The second-order valence-electron chi connectivity index (χ2n) is 3.80. The monoisotopic (exact) mass is 326 g/mol. The Morgan fingerprint density at radius 2 is 2.05 bits per heavy atom. The van der Waals surface area contributed by atoms with Crippen LogP contribution in [0.1, 0.15) is 11.5 Å². The summed E-state index contributed by atoms with van der Waals surface area (Å²) in [6.07, 6.45) is 0. The van der Waals surface area contributed by atoms with Crippen molar-refractivity contribution in [2.75, 3.05) is 5.32 Å². The predicted octanol–water partition coefficient (Wildman–Crippen LogP) is 3.05. The molecule has 6 nitrogen and oxygen atoms in total. The molecule has 100 valence electrons. The van der Waals surface area contributed by atoms with Gasteiger partial charge in [-0.3, -0.25) is 10.1 Å². The summed E-state index contributed by atoms with van der Waals surface area (Å²) in [5.74, 6) is 1.13. The van der Waals surface area contributed by atoms with Crippen LogP contribution in [0.4, 0.5) is 11.4 Å². The lowest BCUT2D eigenvalue weighted by atomic mass is 10.3. The number of aliphatic hydroxyl groups excluding tert-OH is 1. The molecule has 0 saturated heterocycles. The molecule has 0 spiro atoms. The van der Waals surface area contributed by atoms with E-state index in [0.717, 1.165) is 0 Å². The molecule has 0 aliphatic heterocycles. The SMILES string of the molecule is O=[N+]([O-])c1cc(NCc2ccc(CO)o2)ccc1Br. The number of nitro benzene ring substituents is 1. The second kappa shape index (κ2) is 5.85. The second-order valence-corrected chi connectivity index (χ2v) is 4.66. The van der Waals surface area contributed by atoms with Crippen LogP contribution in [0.3, 0.4) is 0 Å². The standard InChI is InChI=1S/C12H11BrN2O4/c13-11-4-1-8(5-12(11)15(17)18)14-6-9-2-3-10(7-16)19-9/h1-5,14,16H,6-7H2. The topological polar surface area (TPSA) is 88.5 Å². The summed E-state index contributed by atoms with van der Waals surface area (Å²) in [7, 11) is 0. The molecule has 2 aromatic rings. The van der Waals surface area contributed by atoms with E-state index in [1.54, 1.807) is 24.3 Å². The largest absolute Gasteiger partial charge is 0.462 e. The zero-order valence-electron chi connectivity index (χ0n) is 9.80. The third-order valence-corrected chi connectivity index (χ3v) is 3.15. The number of rotatable bonds is 5. The summed E-state index contributed by atoms with van der Waals surface area (Å²) in [4.78, 5) is 10.3. The first-order valence-corrected chi connectivity index (χ1v) is 6.25. The molecule has 0 bridgehead atoms. The van der Waals surface area contributed by atoms with Gasteiger partial charge in [-0.25, -0.2) is 0 Å². The minimum atomic E-state index is -0.452. The van der Waals surface area contributed by atoms with E-state index in [1.165, 1.54) is 6.07 Å². The van der Waals surface area contributed by atoms with Crippen LogP contribution in [0.15, 0.2) is 39.2 Å². The molecule has 0 unspecified atom stereocenters. The number of nitrogens with one attached hydrogen (secondary N) is 1. The quantitative estimate of drug-likeness (QED) is 0.651. The van der Waals surface area contributed by atoms with Gasteiger partial charge in [-0.2, -0.15) is 0 Å². The third-order valence-electron chi connectivity index (χ3n) is 2.48. The Morgan fingerprint density at radius 3 is 2.68 bits per heavy atom. The van der Waals surface area contributed by atoms with Crippen LogP contribution in [-0.2, 0) is 13.2 Å². The fourth-order valence-corrected chi connectivity index (χ4v) is 1.95. The molecule has 0 aliphatic carbocycles. The lowest BCUT2D eigenvalue weighted by Crippen LogP contribution is -1.99. The van der Waals surface area contributed by atoms with Crippen molar-refractivity contribution in [2.24, 2.45) is 0 Å². The van der Waals surface area contributed by atoms with Crippen LogP contribution >= 0.6 is 15.9 Å². The Morgan fingerprint density at radius 1 is 1.32 bits per heavy atom. The summed E-state index contributed by atoms with van der Waals surface area (Å²) in [5.41, 5.74) is 0.623. The first-order valence-electron chi connectivity index (χ1n) is 5.46. The number of hydrogen-bond acceptors (Lipinski definition) is 5. The van der Waals surface area contributed by atoms with Crippen LogP contribution in [-0.4, -0.2) is 10.0 Å². The van der Waals surface area contributed by atoms with E-state index in [-0.39, 0.29) is 12.3 Å². The van der Waals surface area contributed by atoms with Gasteiger partial charge in [0.05, 0.1) is 15.9 Å². The summed E-state index contributed by atoms with van der Waals surface area (Å²) < 4.78 is 5.73. The van der Waals surface area contributed by atoms with Crippen molar-refractivity contribution in [3.63, 3.8) is 0 Å². The average molecular weight is 327 g/mol. The van der Waals surface area contributed by atoms with Crippen molar-refractivity contribution in [2.45, 2.75) is 13.2 Å². The number of halogens is 1. The van der Waals surface area contributed by atoms with Crippen LogP contribution in [0.25, 0.3) is 0 Å². The summed E-state index contributed by atoms with van der Waals surface area (Å²) in [6.45, 7) is 0.239.